The molecule has 1 N–H and O–H groups in total. The third-order valence-electron chi connectivity index (χ3n) is 1.95. The summed E-state index contributed by atoms with van der Waals surface area (Å²) < 4.78 is 0. The van der Waals surface area contributed by atoms with Crippen molar-refractivity contribution in [2.45, 2.75) is 19.8 Å². The third-order valence-corrected chi connectivity index (χ3v) is 1.95. The van der Waals surface area contributed by atoms with Gasteiger partial charge in [-0.1, -0.05) is 29.8 Å². The SMILES string of the molecule is Cc1ccc([C@H](C)C(=O)O)cc1. The average molecular weight is 164 g/mol. The Kier molecular flexibility index (Phi) is 2.48. The molecule has 0 fully saturated rings. The predicted octanol–water partition coefficient (Wildman–Crippen LogP) is 2.18. The predicted molar refractivity (Wildman–Crippen MR) is 47.2 cm³/mol. The standard InChI is InChI=1S/C10H12O2/c1-7-3-5-9(6-4-7)8(2)10(11)12/h3-6,8H,1-2H3,(H,11,12)/t8-/m0/s1. The van der Waals surface area contributed by atoms with Crippen molar-refractivity contribution in [1.29, 1.82) is 0 Å². The van der Waals surface area contributed by atoms with Crippen LogP contribution in [0.5, 0.6) is 0 Å². The van der Waals surface area contributed by atoms with E-state index in [1.54, 1.807) is 6.92 Å². The summed E-state index contributed by atoms with van der Waals surface area (Å²) in [5.74, 6) is -1.19. The molecule has 0 spiro atoms. The van der Waals surface area contributed by atoms with Crippen LogP contribution < -0.4 is 0 Å². The van der Waals surface area contributed by atoms with Gasteiger partial charge in [-0.15, -0.1) is 0 Å². The number of benzene rings is 1. The number of hydrogen-bond acceptors (Lipinski definition) is 1. The zero-order chi connectivity index (χ0) is 9.14. The molecule has 0 radical (unpaired) electrons. The number of hydrogen-bond donors (Lipinski definition) is 1. The topological polar surface area (TPSA) is 37.3 Å². The van der Waals surface area contributed by atoms with Crippen molar-refractivity contribution < 1.29 is 9.90 Å². The molecule has 0 saturated carbocycles. The highest BCUT2D eigenvalue weighted by atomic mass is 16.4. The van der Waals surface area contributed by atoms with Gasteiger partial charge in [0.25, 0.3) is 0 Å². The van der Waals surface area contributed by atoms with E-state index in [9.17, 15) is 4.79 Å². The normalized spacial score (nSPS) is 12.5. The van der Waals surface area contributed by atoms with Crippen LogP contribution in [0.25, 0.3) is 0 Å². The molecule has 0 heterocycles. The fourth-order valence-electron chi connectivity index (χ4n) is 0.998. The number of carboxylic acids is 1. The largest absolute Gasteiger partial charge is 0.481 e. The monoisotopic (exact) mass is 164 g/mol. The van der Waals surface area contributed by atoms with Crippen molar-refractivity contribution in [3.63, 3.8) is 0 Å². The van der Waals surface area contributed by atoms with Gasteiger partial charge in [0.1, 0.15) is 0 Å². The van der Waals surface area contributed by atoms with Crippen LogP contribution in [0, 0.1) is 6.92 Å². The molecule has 1 aromatic rings. The molecule has 0 aliphatic rings. The van der Waals surface area contributed by atoms with Crippen LogP contribution in [0.15, 0.2) is 24.3 Å². The minimum Gasteiger partial charge on any atom is -0.481 e. The molecular formula is C10H12O2. The van der Waals surface area contributed by atoms with Crippen molar-refractivity contribution in [1.82, 2.24) is 0 Å². The molecule has 1 aromatic carbocycles. The van der Waals surface area contributed by atoms with E-state index in [1.165, 1.54) is 0 Å². The highest BCUT2D eigenvalue weighted by Crippen LogP contribution is 2.15. The fourth-order valence-corrected chi connectivity index (χ4v) is 0.998. The maximum absolute atomic E-state index is 10.6. The van der Waals surface area contributed by atoms with Gasteiger partial charge in [0.05, 0.1) is 5.92 Å². The smallest absolute Gasteiger partial charge is 0.310 e. The number of carboxylic acid groups (broad SMARTS) is 1. The lowest BCUT2D eigenvalue weighted by Crippen LogP contribution is -2.06. The molecule has 64 valence electrons. The molecule has 0 amide bonds. The summed E-state index contributed by atoms with van der Waals surface area (Å²) in [6.07, 6.45) is 0. The Morgan fingerprint density at radius 2 is 1.83 bits per heavy atom. The molecule has 0 unspecified atom stereocenters. The molecule has 2 nitrogen and oxygen atoms in total. The molecule has 1 rings (SSSR count). The van der Waals surface area contributed by atoms with Crippen molar-refractivity contribution in [2.75, 3.05) is 0 Å². The lowest BCUT2D eigenvalue weighted by Gasteiger charge is -2.05. The third kappa shape index (κ3) is 1.84. The Labute approximate surface area is 71.8 Å². The molecule has 0 saturated heterocycles. The van der Waals surface area contributed by atoms with Crippen LogP contribution in [-0.2, 0) is 4.79 Å². The van der Waals surface area contributed by atoms with E-state index in [2.05, 4.69) is 0 Å². The molecule has 0 aliphatic carbocycles. The van der Waals surface area contributed by atoms with Gasteiger partial charge in [0.2, 0.25) is 0 Å². The summed E-state index contributed by atoms with van der Waals surface area (Å²) in [7, 11) is 0. The highest BCUT2D eigenvalue weighted by molar-refractivity contribution is 5.75. The van der Waals surface area contributed by atoms with E-state index in [0.717, 1.165) is 11.1 Å². The molecule has 0 aromatic heterocycles. The van der Waals surface area contributed by atoms with Gasteiger partial charge in [-0.25, -0.2) is 0 Å². The van der Waals surface area contributed by atoms with Gasteiger partial charge >= 0.3 is 5.97 Å². The van der Waals surface area contributed by atoms with Gasteiger partial charge in [-0.05, 0) is 19.4 Å². The van der Waals surface area contributed by atoms with Gasteiger partial charge in [-0.2, -0.15) is 0 Å². The lowest BCUT2D eigenvalue weighted by molar-refractivity contribution is -0.138. The first-order valence-electron chi connectivity index (χ1n) is 3.90. The zero-order valence-corrected chi connectivity index (χ0v) is 7.24. The van der Waals surface area contributed by atoms with Crippen LogP contribution in [0.3, 0.4) is 0 Å². The first kappa shape index (κ1) is 8.78. The Balaban J connectivity index is 2.89. The van der Waals surface area contributed by atoms with Crippen molar-refractivity contribution in [2.24, 2.45) is 0 Å². The lowest BCUT2D eigenvalue weighted by atomic mass is 10.0. The Morgan fingerprint density at radius 1 is 1.33 bits per heavy atom. The van der Waals surface area contributed by atoms with Gasteiger partial charge in [0, 0.05) is 0 Å². The summed E-state index contributed by atoms with van der Waals surface area (Å²) in [6.45, 7) is 3.67. The van der Waals surface area contributed by atoms with E-state index in [4.69, 9.17) is 5.11 Å². The number of aliphatic carboxylic acids is 1. The molecule has 2 heteroatoms. The molecule has 0 aliphatic heterocycles. The van der Waals surface area contributed by atoms with Crippen molar-refractivity contribution >= 4 is 5.97 Å². The molecule has 1 atom stereocenters. The summed E-state index contributed by atoms with van der Waals surface area (Å²) in [5.41, 5.74) is 2.00. The van der Waals surface area contributed by atoms with Gasteiger partial charge in [-0.3, -0.25) is 4.79 Å². The Hall–Kier alpha value is -1.31. The summed E-state index contributed by atoms with van der Waals surface area (Å²) in [5, 5.41) is 8.70. The zero-order valence-electron chi connectivity index (χ0n) is 7.24. The molecular weight excluding hydrogens is 152 g/mol. The Morgan fingerprint density at radius 3 is 2.25 bits per heavy atom. The van der Waals surface area contributed by atoms with Gasteiger partial charge < -0.3 is 5.11 Å². The summed E-state index contributed by atoms with van der Waals surface area (Å²) in [4.78, 5) is 10.6. The van der Waals surface area contributed by atoms with Crippen molar-refractivity contribution in [3.05, 3.63) is 35.4 Å². The highest BCUT2D eigenvalue weighted by Gasteiger charge is 2.12. The second kappa shape index (κ2) is 3.39. The average Bonchev–Trinajstić information content (AvgIpc) is 2.04. The number of carbonyl (C=O) groups is 1. The second-order valence-corrected chi connectivity index (χ2v) is 2.97. The summed E-state index contributed by atoms with van der Waals surface area (Å²) >= 11 is 0. The van der Waals surface area contributed by atoms with Crippen LogP contribution in [0.2, 0.25) is 0 Å². The van der Waals surface area contributed by atoms with Crippen molar-refractivity contribution in [3.8, 4) is 0 Å². The molecule has 0 bridgehead atoms. The van der Waals surface area contributed by atoms with E-state index < -0.39 is 11.9 Å². The van der Waals surface area contributed by atoms with E-state index >= 15 is 0 Å². The second-order valence-electron chi connectivity index (χ2n) is 2.97. The first-order chi connectivity index (χ1) is 5.61. The quantitative estimate of drug-likeness (QED) is 0.727. The summed E-state index contributed by atoms with van der Waals surface area (Å²) in [6, 6.07) is 7.56. The minimum atomic E-state index is -0.779. The van der Waals surface area contributed by atoms with E-state index in [-0.39, 0.29) is 0 Å². The number of aryl methyl sites for hydroxylation is 1. The van der Waals surface area contributed by atoms with E-state index in [1.807, 2.05) is 31.2 Å². The minimum absolute atomic E-state index is 0.411. The first-order valence-corrected chi connectivity index (χ1v) is 3.90. The maximum Gasteiger partial charge on any atom is 0.310 e. The van der Waals surface area contributed by atoms with Crippen LogP contribution >= 0.6 is 0 Å². The molecule has 12 heavy (non-hydrogen) atoms. The number of rotatable bonds is 2. The van der Waals surface area contributed by atoms with Crippen LogP contribution in [0.1, 0.15) is 24.0 Å². The Bertz CT molecular complexity index is 274. The van der Waals surface area contributed by atoms with Gasteiger partial charge in [0.15, 0.2) is 0 Å². The maximum atomic E-state index is 10.6. The van der Waals surface area contributed by atoms with E-state index in [0.29, 0.717) is 0 Å². The van der Waals surface area contributed by atoms with Crippen LogP contribution in [0.4, 0.5) is 0 Å². The van der Waals surface area contributed by atoms with Crippen LogP contribution in [-0.4, -0.2) is 11.1 Å². The fraction of sp³-hybridized carbons (Fsp3) is 0.300.